The number of hydrazone groups is 1. The van der Waals surface area contributed by atoms with Crippen LogP contribution in [0.1, 0.15) is 4.88 Å². The maximum absolute atomic E-state index is 10.4. The van der Waals surface area contributed by atoms with Gasteiger partial charge in [-0.2, -0.15) is 5.10 Å². The average Bonchev–Trinajstić information content (AvgIpc) is 3.33. The molecule has 0 spiro atoms. The van der Waals surface area contributed by atoms with Crippen LogP contribution >= 0.6 is 22.7 Å². The highest BCUT2D eigenvalue weighted by molar-refractivity contribution is 7.22. The number of thiophene rings is 1. The smallest absolute Gasteiger partial charge is 0.204 e. The van der Waals surface area contributed by atoms with E-state index < -0.39 is 0 Å². The summed E-state index contributed by atoms with van der Waals surface area (Å²) in [5.74, 6) is 1.10. The molecule has 1 saturated heterocycles. The molecule has 0 aliphatic carbocycles. The molecule has 2 N–H and O–H groups in total. The number of aromatic hydroxyl groups is 1. The van der Waals surface area contributed by atoms with Crippen molar-refractivity contribution in [1.82, 2.24) is 9.88 Å². The van der Waals surface area contributed by atoms with Crippen LogP contribution in [0.25, 0.3) is 20.3 Å². The van der Waals surface area contributed by atoms with Gasteiger partial charge < -0.3 is 19.6 Å². The molecule has 7 nitrogen and oxygen atoms in total. The second-order valence-corrected chi connectivity index (χ2v) is 9.60. The highest BCUT2D eigenvalue weighted by Gasteiger charge is 2.19. The maximum Gasteiger partial charge on any atom is 0.204 e. The molecule has 160 valence electrons. The summed E-state index contributed by atoms with van der Waals surface area (Å²) in [6, 6.07) is 11.9. The van der Waals surface area contributed by atoms with E-state index in [0.29, 0.717) is 10.0 Å². The first-order valence-electron chi connectivity index (χ1n) is 10.0. The molecule has 0 atom stereocenters. The molecular formula is C22H23N5O2S2. The monoisotopic (exact) mass is 453 g/mol. The molecule has 4 aromatic rings. The van der Waals surface area contributed by atoms with Crippen molar-refractivity contribution in [3.63, 3.8) is 0 Å². The van der Waals surface area contributed by atoms with Gasteiger partial charge in [-0.05, 0) is 25.2 Å². The Balaban J connectivity index is 1.38. The molecular weight excluding hydrogens is 430 g/mol. The number of methoxy groups -OCH3 is 1. The number of likely N-dealkylation sites (N-methyl/N-ethyl adjacent to an activating group) is 1. The fourth-order valence-electron chi connectivity index (χ4n) is 3.73. The number of benzene rings is 2. The minimum Gasteiger partial charge on any atom is -0.506 e. The van der Waals surface area contributed by atoms with Gasteiger partial charge in [-0.3, -0.25) is 5.43 Å². The van der Waals surface area contributed by atoms with Gasteiger partial charge >= 0.3 is 0 Å². The van der Waals surface area contributed by atoms with Crippen LogP contribution < -0.4 is 15.1 Å². The zero-order valence-corrected chi connectivity index (χ0v) is 19.0. The van der Waals surface area contributed by atoms with E-state index >= 15 is 0 Å². The van der Waals surface area contributed by atoms with Gasteiger partial charge in [-0.15, -0.1) is 11.3 Å². The summed E-state index contributed by atoms with van der Waals surface area (Å²) in [5, 5.41) is 16.2. The van der Waals surface area contributed by atoms with Crippen LogP contribution in [0.5, 0.6) is 11.5 Å². The number of piperazine rings is 1. The van der Waals surface area contributed by atoms with Crippen LogP contribution in [-0.4, -0.2) is 61.5 Å². The fraction of sp³-hybridized carbons (Fsp3) is 0.273. The van der Waals surface area contributed by atoms with E-state index in [4.69, 9.17) is 4.74 Å². The van der Waals surface area contributed by atoms with Gasteiger partial charge in [-0.1, -0.05) is 23.5 Å². The zero-order chi connectivity index (χ0) is 21.4. The molecule has 3 heterocycles. The first-order chi connectivity index (χ1) is 15.1. The molecule has 1 aliphatic rings. The molecule has 31 heavy (non-hydrogen) atoms. The first kappa shape index (κ1) is 20.0. The van der Waals surface area contributed by atoms with Crippen molar-refractivity contribution in [2.24, 2.45) is 5.10 Å². The third-order valence-corrected chi connectivity index (χ3v) is 7.49. The lowest BCUT2D eigenvalue weighted by atomic mass is 10.2. The van der Waals surface area contributed by atoms with E-state index in [9.17, 15) is 5.11 Å². The standard InChI is InChI=1S/C22H23N5O2S2/c1-26-7-9-27(10-8-26)16-12-19-15(11-17(16)29-2)24-22(31-19)25-23-13-20-21(28)14-5-3-4-6-18(14)30-20/h3-6,11-13,28H,7-10H2,1-2H3,(H,24,25)/b23-13+. The third kappa shape index (κ3) is 3.91. The zero-order valence-electron chi connectivity index (χ0n) is 17.3. The molecule has 0 amide bonds. The van der Waals surface area contributed by atoms with E-state index in [0.717, 1.165) is 57.9 Å². The molecule has 5 rings (SSSR count). The van der Waals surface area contributed by atoms with E-state index in [-0.39, 0.29) is 5.75 Å². The lowest BCUT2D eigenvalue weighted by molar-refractivity contribution is 0.311. The summed E-state index contributed by atoms with van der Waals surface area (Å²) >= 11 is 3.06. The van der Waals surface area contributed by atoms with Crippen molar-refractivity contribution in [1.29, 1.82) is 0 Å². The van der Waals surface area contributed by atoms with Crippen LogP contribution in [0.3, 0.4) is 0 Å². The van der Waals surface area contributed by atoms with Crippen molar-refractivity contribution >= 4 is 60.0 Å². The number of ether oxygens (including phenoxy) is 1. The molecule has 1 fully saturated rings. The molecule has 2 aromatic carbocycles. The molecule has 0 radical (unpaired) electrons. The van der Waals surface area contributed by atoms with Gasteiger partial charge in [0.15, 0.2) is 0 Å². The quantitative estimate of drug-likeness (QED) is 0.344. The second kappa shape index (κ2) is 8.33. The number of fused-ring (bicyclic) bond motifs is 2. The van der Waals surface area contributed by atoms with Gasteiger partial charge in [0.2, 0.25) is 5.13 Å². The summed E-state index contributed by atoms with van der Waals surface area (Å²) in [6.45, 7) is 4.03. The second-order valence-electron chi connectivity index (χ2n) is 7.48. The van der Waals surface area contributed by atoms with Crippen molar-refractivity contribution in [2.75, 3.05) is 50.7 Å². The van der Waals surface area contributed by atoms with Gasteiger partial charge in [0.1, 0.15) is 11.5 Å². The number of hydrogen-bond donors (Lipinski definition) is 2. The SMILES string of the molecule is COc1cc2nc(N/N=C/c3sc4ccccc4c3O)sc2cc1N1CCN(C)CC1. The summed E-state index contributed by atoms with van der Waals surface area (Å²) in [6.07, 6.45) is 1.64. The lowest BCUT2D eigenvalue weighted by Gasteiger charge is -2.34. The van der Waals surface area contributed by atoms with E-state index in [1.165, 1.54) is 11.3 Å². The van der Waals surface area contributed by atoms with Crippen LogP contribution in [0.4, 0.5) is 10.8 Å². The van der Waals surface area contributed by atoms with Crippen LogP contribution in [-0.2, 0) is 0 Å². The number of thiazole rings is 1. The number of nitrogens with zero attached hydrogens (tertiary/aromatic N) is 4. The van der Waals surface area contributed by atoms with Crippen molar-refractivity contribution in [3.05, 3.63) is 41.3 Å². The molecule has 0 unspecified atom stereocenters. The third-order valence-electron chi connectivity index (χ3n) is 5.47. The molecule has 0 saturated carbocycles. The first-order valence-corrected chi connectivity index (χ1v) is 11.7. The Morgan fingerprint density at radius 3 is 2.71 bits per heavy atom. The van der Waals surface area contributed by atoms with Crippen molar-refractivity contribution < 1.29 is 9.84 Å². The lowest BCUT2D eigenvalue weighted by Crippen LogP contribution is -2.44. The number of nitrogens with one attached hydrogen (secondary N) is 1. The summed E-state index contributed by atoms with van der Waals surface area (Å²) in [4.78, 5) is 10.1. The van der Waals surface area contributed by atoms with Crippen LogP contribution in [0.2, 0.25) is 0 Å². The van der Waals surface area contributed by atoms with E-state index in [2.05, 4.69) is 38.4 Å². The molecule has 0 bridgehead atoms. The van der Waals surface area contributed by atoms with Gasteiger partial charge in [0, 0.05) is 42.3 Å². The van der Waals surface area contributed by atoms with Gasteiger partial charge in [-0.25, -0.2) is 4.98 Å². The summed E-state index contributed by atoms with van der Waals surface area (Å²) in [7, 11) is 3.85. The minimum atomic E-state index is 0.261. The Kier molecular flexibility index (Phi) is 5.39. The number of rotatable bonds is 5. The van der Waals surface area contributed by atoms with Gasteiger partial charge in [0.05, 0.1) is 34.1 Å². The minimum absolute atomic E-state index is 0.261. The van der Waals surface area contributed by atoms with E-state index in [1.54, 1.807) is 24.7 Å². The Hall–Kier alpha value is -2.88. The van der Waals surface area contributed by atoms with Crippen molar-refractivity contribution in [3.8, 4) is 11.5 Å². The number of hydrogen-bond acceptors (Lipinski definition) is 9. The molecule has 9 heteroatoms. The predicted molar refractivity (Wildman–Crippen MR) is 131 cm³/mol. The largest absolute Gasteiger partial charge is 0.506 e. The summed E-state index contributed by atoms with van der Waals surface area (Å²) in [5.41, 5.74) is 4.99. The molecule has 1 aliphatic heterocycles. The topological polar surface area (TPSA) is 73.2 Å². The Morgan fingerprint density at radius 1 is 1.13 bits per heavy atom. The van der Waals surface area contributed by atoms with E-state index in [1.807, 2.05) is 30.3 Å². The Bertz CT molecular complexity index is 1260. The van der Waals surface area contributed by atoms with Crippen LogP contribution in [0.15, 0.2) is 41.5 Å². The Morgan fingerprint density at radius 2 is 1.94 bits per heavy atom. The fourth-order valence-corrected chi connectivity index (χ4v) is 5.53. The Labute approximate surface area is 188 Å². The molecule has 2 aromatic heterocycles. The normalized spacial score (nSPS) is 15.4. The number of anilines is 2. The van der Waals surface area contributed by atoms with Crippen molar-refractivity contribution in [2.45, 2.75) is 0 Å². The highest BCUT2D eigenvalue weighted by Crippen LogP contribution is 2.38. The van der Waals surface area contributed by atoms with Crippen LogP contribution in [0, 0.1) is 0 Å². The average molecular weight is 454 g/mol. The summed E-state index contributed by atoms with van der Waals surface area (Å²) < 4.78 is 7.77. The predicted octanol–water partition coefficient (Wildman–Crippen LogP) is 4.42. The highest BCUT2D eigenvalue weighted by atomic mass is 32.1. The number of aromatic nitrogens is 1. The maximum atomic E-state index is 10.4. The van der Waals surface area contributed by atoms with Gasteiger partial charge in [0.25, 0.3) is 0 Å².